The Hall–Kier alpha value is -2.71. The van der Waals surface area contributed by atoms with Gasteiger partial charge < -0.3 is 10.4 Å². The normalized spacial score (nSPS) is 16.0. The lowest BCUT2D eigenvalue weighted by Crippen LogP contribution is -2.41. The van der Waals surface area contributed by atoms with E-state index >= 15 is 0 Å². The van der Waals surface area contributed by atoms with Gasteiger partial charge in [0.2, 0.25) is 0 Å². The molecule has 2 N–H and O–H groups in total. The van der Waals surface area contributed by atoms with Gasteiger partial charge in [-0.15, -0.1) is 10.2 Å². The molecule has 0 spiro atoms. The minimum absolute atomic E-state index is 0.214. The van der Waals surface area contributed by atoms with Crippen molar-refractivity contribution in [2.45, 2.75) is 30.9 Å². The molecule has 1 saturated carbocycles. The van der Waals surface area contributed by atoms with Crippen molar-refractivity contribution in [1.29, 1.82) is 0 Å². The average molecular weight is 369 g/mol. The number of carboxylic acid groups (broad SMARTS) is 1. The molecule has 0 unspecified atom stereocenters. The van der Waals surface area contributed by atoms with Crippen LogP contribution in [0.3, 0.4) is 0 Å². The molecule has 1 aliphatic rings. The number of benzene rings is 1. The predicted molar refractivity (Wildman–Crippen MR) is 84.4 cm³/mol. The monoisotopic (exact) mass is 369 g/mol. The Bertz CT molecular complexity index is 818. The fraction of sp³-hybridized carbons (Fsp3) is 0.353. The summed E-state index contributed by atoms with van der Waals surface area (Å²) in [7, 11) is 0. The standard InChI is InChI=1S/C17H15F4N3O2/c18-12-7-10(6-11(8-12)17(19,20)21)16(4-1-5-16)9-22-14-3-2-13(15(25)26)23-24-14/h2-3,6-8H,1,4-5,9H2,(H,22,24)(H,25,26). The molecule has 0 saturated heterocycles. The van der Waals surface area contributed by atoms with Crippen molar-refractivity contribution in [3.63, 3.8) is 0 Å². The maximum Gasteiger partial charge on any atom is 0.416 e. The molecular weight excluding hydrogens is 354 g/mol. The number of aromatic carboxylic acids is 1. The second-order valence-electron chi connectivity index (χ2n) is 6.32. The Kier molecular flexibility index (Phi) is 4.55. The molecule has 0 atom stereocenters. The maximum absolute atomic E-state index is 13.7. The zero-order valence-corrected chi connectivity index (χ0v) is 13.5. The van der Waals surface area contributed by atoms with E-state index in [9.17, 15) is 22.4 Å². The van der Waals surface area contributed by atoms with Crippen molar-refractivity contribution in [2.75, 3.05) is 11.9 Å². The van der Waals surface area contributed by atoms with E-state index in [-0.39, 0.29) is 12.2 Å². The Morgan fingerprint density at radius 3 is 2.42 bits per heavy atom. The number of hydrogen-bond donors (Lipinski definition) is 2. The van der Waals surface area contributed by atoms with Crippen LogP contribution < -0.4 is 5.32 Å². The maximum atomic E-state index is 13.7. The zero-order valence-electron chi connectivity index (χ0n) is 13.5. The zero-order chi connectivity index (χ0) is 18.9. The molecule has 26 heavy (non-hydrogen) atoms. The first-order valence-corrected chi connectivity index (χ1v) is 7.89. The Morgan fingerprint density at radius 1 is 1.19 bits per heavy atom. The number of carbonyl (C=O) groups is 1. The lowest BCUT2D eigenvalue weighted by molar-refractivity contribution is -0.137. The van der Waals surface area contributed by atoms with Crippen molar-refractivity contribution < 1.29 is 27.5 Å². The third kappa shape index (κ3) is 3.61. The van der Waals surface area contributed by atoms with Gasteiger partial charge in [-0.2, -0.15) is 13.2 Å². The van der Waals surface area contributed by atoms with Crippen LogP contribution in [0.2, 0.25) is 0 Å². The van der Waals surface area contributed by atoms with Gasteiger partial charge >= 0.3 is 12.1 Å². The fourth-order valence-corrected chi connectivity index (χ4v) is 3.03. The van der Waals surface area contributed by atoms with Crippen LogP contribution in [0, 0.1) is 5.82 Å². The summed E-state index contributed by atoms with van der Waals surface area (Å²) >= 11 is 0. The predicted octanol–water partition coefficient (Wildman–Crippen LogP) is 3.87. The summed E-state index contributed by atoms with van der Waals surface area (Å²) in [4.78, 5) is 10.8. The summed E-state index contributed by atoms with van der Waals surface area (Å²) in [6.45, 7) is 0.245. The van der Waals surface area contributed by atoms with Crippen LogP contribution >= 0.6 is 0 Å². The number of carboxylic acids is 1. The van der Waals surface area contributed by atoms with Gasteiger partial charge in [0.1, 0.15) is 11.6 Å². The molecule has 5 nitrogen and oxygen atoms in total. The van der Waals surface area contributed by atoms with Crippen molar-refractivity contribution in [3.05, 3.63) is 53.0 Å². The van der Waals surface area contributed by atoms with Crippen LogP contribution in [0.15, 0.2) is 30.3 Å². The second kappa shape index (κ2) is 6.54. The largest absolute Gasteiger partial charge is 0.476 e. The van der Waals surface area contributed by atoms with Gasteiger partial charge in [0.15, 0.2) is 5.69 Å². The van der Waals surface area contributed by atoms with Crippen LogP contribution in [-0.2, 0) is 11.6 Å². The Balaban J connectivity index is 1.81. The molecule has 2 aromatic rings. The van der Waals surface area contributed by atoms with Crippen molar-refractivity contribution in [1.82, 2.24) is 10.2 Å². The number of halogens is 4. The first kappa shape index (κ1) is 18.1. The molecule has 1 aromatic heterocycles. The highest BCUT2D eigenvalue weighted by Crippen LogP contribution is 2.45. The number of rotatable bonds is 5. The van der Waals surface area contributed by atoms with E-state index in [1.807, 2.05) is 0 Å². The molecule has 1 heterocycles. The van der Waals surface area contributed by atoms with Crippen LogP contribution in [0.1, 0.15) is 40.9 Å². The first-order valence-electron chi connectivity index (χ1n) is 7.89. The molecule has 0 aliphatic heterocycles. The number of anilines is 1. The number of nitrogens with one attached hydrogen (secondary N) is 1. The minimum Gasteiger partial charge on any atom is -0.476 e. The van der Waals surface area contributed by atoms with Crippen LogP contribution in [-0.4, -0.2) is 27.8 Å². The van der Waals surface area contributed by atoms with Gasteiger partial charge in [0, 0.05) is 12.0 Å². The molecule has 1 aromatic carbocycles. The fourth-order valence-electron chi connectivity index (χ4n) is 3.03. The molecule has 0 bridgehead atoms. The SMILES string of the molecule is O=C(O)c1ccc(NCC2(c3cc(F)cc(C(F)(F)F)c3)CCC2)nn1. The van der Waals surface area contributed by atoms with E-state index in [0.717, 1.165) is 18.6 Å². The van der Waals surface area contributed by atoms with E-state index < -0.39 is 28.9 Å². The van der Waals surface area contributed by atoms with Gasteiger partial charge in [-0.3, -0.25) is 0 Å². The van der Waals surface area contributed by atoms with Crippen molar-refractivity contribution >= 4 is 11.8 Å². The van der Waals surface area contributed by atoms with Gasteiger partial charge in [-0.05, 0) is 48.7 Å². The van der Waals surface area contributed by atoms with E-state index in [1.54, 1.807) is 0 Å². The summed E-state index contributed by atoms with van der Waals surface area (Å²) in [5, 5.41) is 19.0. The lowest BCUT2D eigenvalue weighted by Gasteiger charge is -2.43. The van der Waals surface area contributed by atoms with Gasteiger partial charge in [-0.1, -0.05) is 6.42 Å². The summed E-state index contributed by atoms with van der Waals surface area (Å²) in [6, 6.07) is 5.31. The molecular formula is C17H15F4N3O2. The number of alkyl halides is 3. The van der Waals surface area contributed by atoms with Crippen LogP contribution in [0.25, 0.3) is 0 Å². The topological polar surface area (TPSA) is 75.1 Å². The van der Waals surface area contributed by atoms with Gasteiger partial charge in [-0.25, -0.2) is 9.18 Å². The summed E-state index contributed by atoms with van der Waals surface area (Å²) in [6.07, 6.45) is -2.57. The minimum atomic E-state index is -4.62. The van der Waals surface area contributed by atoms with E-state index in [1.165, 1.54) is 12.1 Å². The highest BCUT2D eigenvalue weighted by atomic mass is 19.4. The van der Waals surface area contributed by atoms with Crippen molar-refractivity contribution in [2.24, 2.45) is 0 Å². The Labute approximate surface area is 146 Å². The second-order valence-corrected chi connectivity index (χ2v) is 6.32. The van der Waals surface area contributed by atoms with Crippen LogP contribution in [0.5, 0.6) is 0 Å². The number of nitrogens with zero attached hydrogens (tertiary/aromatic N) is 2. The third-order valence-corrected chi connectivity index (χ3v) is 4.64. The van der Waals surface area contributed by atoms with E-state index in [2.05, 4.69) is 15.5 Å². The molecule has 138 valence electrons. The Morgan fingerprint density at radius 2 is 1.92 bits per heavy atom. The van der Waals surface area contributed by atoms with E-state index in [0.29, 0.717) is 30.3 Å². The number of hydrogen-bond acceptors (Lipinski definition) is 4. The highest BCUT2D eigenvalue weighted by Gasteiger charge is 2.41. The molecule has 3 rings (SSSR count). The summed E-state index contributed by atoms with van der Waals surface area (Å²) in [5.41, 5.74) is -1.56. The average Bonchev–Trinajstić information content (AvgIpc) is 2.53. The van der Waals surface area contributed by atoms with Crippen molar-refractivity contribution in [3.8, 4) is 0 Å². The smallest absolute Gasteiger partial charge is 0.416 e. The molecule has 1 fully saturated rings. The third-order valence-electron chi connectivity index (χ3n) is 4.64. The molecule has 9 heteroatoms. The van der Waals surface area contributed by atoms with Gasteiger partial charge in [0.25, 0.3) is 0 Å². The molecule has 1 aliphatic carbocycles. The molecule has 0 amide bonds. The quantitative estimate of drug-likeness (QED) is 0.783. The summed E-state index contributed by atoms with van der Waals surface area (Å²) < 4.78 is 52.6. The number of aromatic nitrogens is 2. The summed E-state index contributed by atoms with van der Waals surface area (Å²) in [5.74, 6) is -1.83. The van der Waals surface area contributed by atoms with Crippen LogP contribution in [0.4, 0.5) is 23.4 Å². The van der Waals surface area contributed by atoms with E-state index in [4.69, 9.17) is 5.11 Å². The highest BCUT2D eigenvalue weighted by molar-refractivity contribution is 5.85. The van der Waals surface area contributed by atoms with Gasteiger partial charge in [0.05, 0.1) is 5.56 Å². The first-order chi connectivity index (χ1) is 12.2. The lowest BCUT2D eigenvalue weighted by atomic mass is 9.64. The molecule has 0 radical (unpaired) electrons.